The maximum absolute atomic E-state index is 13.5. The van der Waals surface area contributed by atoms with Crippen LogP contribution in [0.4, 0.5) is 8.78 Å². The van der Waals surface area contributed by atoms with Gasteiger partial charge in [-0.25, -0.2) is 23.5 Å². The van der Waals surface area contributed by atoms with Crippen molar-refractivity contribution in [3.63, 3.8) is 0 Å². The largest absolute Gasteiger partial charge is 0.462 e. The van der Waals surface area contributed by atoms with Gasteiger partial charge in [0.15, 0.2) is 17.5 Å². The first-order valence-corrected chi connectivity index (χ1v) is 5.57. The maximum atomic E-state index is 13.5. The molecule has 0 radical (unpaired) electrons. The minimum Gasteiger partial charge on any atom is -0.462 e. The Morgan fingerprint density at radius 1 is 1.26 bits per heavy atom. The molecular formula is C13H10F2N2O2. The third-order valence-electron chi connectivity index (χ3n) is 2.36. The van der Waals surface area contributed by atoms with Crippen molar-refractivity contribution in [1.29, 1.82) is 0 Å². The number of carbonyl (C=O) groups is 1. The van der Waals surface area contributed by atoms with Crippen molar-refractivity contribution >= 4 is 5.97 Å². The van der Waals surface area contributed by atoms with Gasteiger partial charge in [0.1, 0.15) is 0 Å². The number of rotatable bonds is 3. The maximum Gasteiger partial charge on any atom is 0.341 e. The molecule has 0 aliphatic rings. The molecular weight excluding hydrogens is 254 g/mol. The Labute approximate surface area is 108 Å². The van der Waals surface area contributed by atoms with E-state index in [0.717, 1.165) is 6.07 Å². The van der Waals surface area contributed by atoms with Gasteiger partial charge in [-0.2, -0.15) is 0 Å². The summed E-state index contributed by atoms with van der Waals surface area (Å²) in [5.41, 5.74) is 0.0952. The van der Waals surface area contributed by atoms with Crippen LogP contribution in [0.15, 0.2) is 30.6 Å². The third-order valence-corrected chi connectivity index (χ3v) is 2.36. The van der Waals surface area contributed by atoms with Crippen LogP contribution in [-0.4, -0.2) is 22.5 Å². The van der Waals surface area contributed by atoms with E-state index in [1.807, 2.05) is 0 Å². The summed E-state index contributed by atoms with van der Waals surface area (Å²) in [5.74, 6) is -2.55. The number of esters is 1. The Morgan fingerprint density at radius 2 is 1.95 bits per heavy atom. The first kappa shape index (κ1) is 13.1. The molecule has 0 aliphatic heterocycles. The molecule has 1 aromatic carbocycles. The molecule has 0 saturated carbocycles. The highest BCUT2D eigenvalue weighted by molar-refractivity contribution is 5.88. The molecule has 0 spiro atoms. The molecule has 19 heavy (non-hydrogen) atoms. The van der Waals surface area contributed by atoms with Crippen molar-refractivity contribution in [3.05, 3.63) is 47.8 Å². The SMILES string of the molecule is CCOC(=O)c1cnc(-c2cccc(F)c2F)nc1. The summed E-state index contributed by atoms with van der Waals surface area (Å²) in [5, 5.41) is 0. The topological polar surface area (TPSA) is 52.1 Å². The number of carbonyl (C=O) groups excluding carboxylic acids is 1. The molecule has 2 rings (SSSR count). The first-order valence-electron chi connectivity index (χ1n) is 5.57. The zero-order valence-electron chi connectivity index (χ0n) is 10.1. The molecule has 1 aromatic heterocycles. The van der Waals surface area contributed by atoms with Crippen LogP contribution in [0.5, 0.6) is 0 Å². The van der Waals surface area contributed by atoms with E-state index in [1.165, 1.54) is 24.5 Å². The Bertz CT molecular complexity index is 600. The Balaban J connectivity index is 2.33. The summed E-state index contributed by atoms with van der Waals surface area (Å²) in [7, 11) is 0. The van der Waals surface area contributed by atoms with E-state index >= 15 is 0 Å². The van der Waals surface area contributed by atoms with Gasteiger partial charge in [-0.05, 0) is 19.1 Å². The van der Waals surface area contributed by atoms with Crippen molar-refractivity contribution in [1.82, 2.24) is 9.97 Å². The molecule has 0 amide bonds. The highest BCUT2D eigenvalue weighted by Crippen LogP contribution is 2.20. The lowest BCUT2D eigenvalue weighted by atomic mass is 10.2. The van der Waals surface area contributed by atoms with Crippen LogP contribution < -0.4 is 0 Å². The molecule has 0 atom stereocenters. The van der Waals surface area contributed by atoms with Gasteiger partial charge in [0.25, 0.3) is 0 Å². The second-order valence-electron chi connectivity index (χ2n) is 3.62. The standard InChI is InChI=1S/C13H10F2N2O2/c1-2-19-13(18)8-6-16-12(17-7-8)9-4-3-5-10(14)11(9)15/h3-7H,2H2,1H3. The van der Waals surface area contributed by atoms with E-state index in [-0.39, 0.29) is 23.6 Å². The number of ether oxygens (including phenoxy) is 1. The lowest BCUT2D eigenvalue weighted by molar-refractivity contribution is 0.0525. The smallest absolute Gasteiger partial charge is 0.341 e. The van der Waals surface area contributed by atoms with E-state index in [9.17, 15) is 13.6 Å². The molecule has 98 valence electrons. The molecule has 6 heteroatoms. The normalized spacial score (nSPS) is 10.3. The van der Waals surface area contributed by atoms with Crippen LogP contribution in [-0.2, 0) is 4.74 Å². The van der Waals surface area contributed by atoms with Crippen LogP contribution in [0.2, 0.25) is 0 Å². The van der Waals surface area contributed by atoms with Gasteiger partial charge in [-0.1, -0.05) is 6.07 Å². The Hall–Kier alpha value is -2.37. The van der Waals surface area contributed by atoms with Crippen molar-refractivity contribution in [2.45, 2.75) is 6.92 Å². The van der Waals surface area contributed by atoms with Gasteiger partial charge >= 0.3 is 5.97 Å². The zero-order chi connectivity index (χ0) is 13.8. The first-order chi connectivity index (χ1) is 9.13. The van der Waals surface area contributed by atoms with E-state index in [0.29, 0.717) is 0 Å². The van der Waals surface area contributed by atoms with Crippen molar-refractivity contribution in [3.8, 4) is 11.4 Å². The molecule has 0 unspecified atom stereocenters. The monoisotopic (exact) mass is 264 g/mol. The van der Waals surface area contributed by atoms with Gasteiger partial charge in [-0.15, -0.1) is 0 Å². The summed E-state index contributed by atoms with van der Waals surface area (Å²) in [6.07, 6.45) is 2.43. The van der Waals surface area contributed by atoms with E-state index in [4.69, 9.17) is 4.74 Å². The lowest BCUT2D eigenvalue weighted by Gasteiger charge is -2.04. The van der Waals surface area contributed by atoms with Gasteiger partial charge in [0, 0.05) is 12.4 Å². The molecule has 0 aliphatic carbocycles. The van der Waals surface area contributed by atoms with Crippen LogP contribution in [0.1, 0.15) is 17.3 Å². The quantitative estimate of drug-likeness (QED) is 0.799. The number of hydrogen-bond acceptors (Lipinski definition) is 4. The van der Waals surface area contributed by atoms with Crippen LogP contribution in [0.25, 0.3) is 11.4 Å². The fourth-order valence-corrected chi connectivity index (χ4v) is 1.46. The van der Waals surface area contributed by atoms with Gasteiger partial charge in [-0.3, -0.25) is 0 Å². The second-order valence-corrected chi connectivity index (χ2v) is 3.62. The summed E-state index contributed by atoms with van der Waals surface area (Å²) in [6.45, 7) is 1.91. The summed E-state index contributed by atoms with van der Waals surface area (Å²) in [6, 6.07) is 3.72. The van der Waals surface area contributed by atoms with Crippen molar-refractivity contribution < 1.29 is 18.3 Å². The van der Waals surface area contributed by atoms with Crippen LogP contribution in [0.3, 0.4) is 0 Å². The number of nitrogens with zero attached hydrogens (tertiary/aromatic N) is 2. The van der Waals surface area contributed by atoms with Crippen molar-refractivity contribution in [2.24, 2.45) is 0 Å². The van der Waals surface area contributed by atoms with E-state index < -0.39 is 17.6 Å². The molecule has 0 N–H and O–H groups in total. The highest BCUT2D eigenvalue weighted by Gasteiger charge is 2.13. The molecule has 0 fully saturated rings. The summed E-state index contributed by atoms with van der Waals surface area (Å²) < 4.78 is 31.4. The second kappa shape index (κ2) is 5.51. The molecule has 4 nitrogen and oxygen atoms in total. The van der Waals surface area contributed by atoms with Gasteiger partial charge in [0.2, 0.25) is 0 Å². The van der Waals surface area contributed by atoms with Crippen LogP contribution >= 0.6 is 0 Å². The number of aromatic nitrogens is 2. The van der Waals surface area contributed by atoms with Gasteiger partial charge in [0.05, 0.1) is 17.7 Å². The summed E-state index contributed by atoms with van der Waals surface area (Å²) in [4.78, 5) is 19.0. The Morgan fingerprint density at radius 3 is 2.58 bits per heavy atom. The van der Waals surface area contributed by atoms with Gasteiger partial charge < -0.3 is 4.74 Å². The highest BCUT2D eigenvalue weighted by atomic mass is 19.2. The Kier molecular flexibility index (Phi) is 3.79. The molecule has 2 aromatic rings. The third kappa shape index (κ3) is 2.73. The molecule has 0 bridgehead atoms. The zero-order valence-corrected chi connectivity index (χ0v) is 10.1. The number of benzene rings is 1. The fraction of sp³-hybridized carbons (Fsp3) is 0.154. The predicted molar refractivity (Wildman–Crippen MR) is 63.3 cm³/mol. The molecule has 1 heterocycles. The minimum absolute atomic E-state index is 0.00467. The number of halogens is 2. The minimum atomic E-state index is -1.02. The average Bonchev–Trinajstić information content (AvgIpc) is 2.42. The fourth-order valence-electron chi connectivity index (χ4n) is 1.46. The number of hydrogen-bond donors (Lipinski definition) is 0. The summed E-state index contributed by atoms with van der Waals surface area (Å²) >= 11 is 0. The lowest BCUT2D eigenvalue weighted by Crippen LogP contribution is -2.06. The van der Waals surface area contributed by atoms with E-state index in [2.05, 4.69) is 9.97 Å². The van der Waals surface area contributed by atoms with Crippen molar-refractivity contribution in [2.75, 3.05) is 6.61 Å². The van der Waals surface area contributed by atoms with E-state index in [1.54, 1.807) is 6.92 Å². The van der Waals surface area contributed by atoms with Crippen LogP contribution in [0, 0.1) is 11.6 Å². The molecule has 0 saturated heterocycles. The average molecular weight is 264 g/mol. The predicted octanol–water partition coefficient (Wildman–Crippen LogP) is 2.60.